The van der Waals surface area contributed by atoms with Gasteiger partial charge in [-0.25, -0.2) is 0 Å². The number of carbonyl (C=O) groups excluding carboxylic acids is 7. The first-order valence-corrected chi connectivity index (χ1v) is 22.5. The summed E-state index contributed by atoms with van der Waals surface area (Å²) in [5.74, 6) is -4.98. The number of carboxylic acid groups (broad SMARTS) is 1. The van der Waals surface area contributed by atoms with E-state index in [1.54, 1.807) is 31.2 Å². The molecular formula is C45H66N8O9S. The molecule has 2 unspecified atom stereocenters. The summed E-state index contributed by atoms with van der Waals surface area (Å²) in [6.07, 6.45) is 2.38. The number of likely N-dealkylation sites (tertiary alicyclic amines) is 1. The highest BCUT2D eigenvalue weighted by atomic mass is 32.1. The second-order valence-electron chi connectivity index (χ2n) is 16.2. The van der Waals surface area contributed by atoms with Crippen molar-refractivity contribution in [3.05, 3.63) is 65.7 Å². The first-order valence-electron chi connectivity index (χ1n) is 21.8. The average Bonchev–Trinajstić information content (AvgIpc) is 3.77. The van der Waals surface area contributed by atoms with Gasteiger partial charge in [-0.1, -0.05) is 83.0 Å². The van der Waals surface area contributed by atoms with E-state index in [4.69, 9.17) is 5.73 Å². The molecule has 1 heterocycles. The van der Waals surface area contributed by atoms with Crippen LogP contribution >= 0.6 is 12.6 Å². The summed E-state index contributed by atoms with van der Waals surface area (Å²) in [5, 5.41) is 26.0. The number of aliphatic carboxylic acids is 1. The van der Waals surface area contributed by atoms with Crippen LogP contribution in [-0.4, -0.2) is 113 Å². The molecule has 1 aliphatic rings. The Hall–Kier alpha value is -5.49. The van der Waals surface area contributed by atoms with Crippen LogP contribution in [0, 0.1) is 11.8 Å². The Labute approximate surface area is 375 Å². The molecule has 0 saturated carbocycles. The number of carboxylic acids is 1. The molecule has 0 aliphatic carbocycles. The van der Waals surface area contributed by atoms with E-state index >= 15 is 0 Å². The Balaban J connectivity index is 1.67. The minimum Gasteiger partial charge on any atom is -0.481 e. The lowest BCUT2D eigenvalue weighted by atomic mass is 9.97. The molecule has 17 nitrogen and oxygen atoms in total. The summed E-state index contributed by atoms with van der Waals surface area (Å²) in [5.41, 5.74) is 7.63. The molecule has 9 N–H and O–H groups in total. The van der Waals surface area contributed by atoms with E-state index in [0.717, 1.165) is 12.0 Å². The second kappa shape index (κ2) is 26.9. The number of rotatable bonds is 26. The normalized spacial score (nSPS) is 16.3. The zero-order valence-electron chi connectivity index (χ0n) is 36.8. The van der Waals surface area contributed by atoms with E-state index in [-0.39, 0.29) is 50.0 Å². The topological polar surface area (TPSA) is 258 Å². The maximum Gasteiger partial charge on any atom is 0.305 e. The largest absolute Gasteiger partial charge is 0.481 e. The van der Waals surface area contributed by atoms with Gasteiger partial charge in [-0.15, -0.1) is 0 Å². The molecule has 7 amide bonds. The molecule has 0 aromatic heterocycles. The zero-order valence-corrected chi connectivity index (χ0v) is 37.7. The molecule has 2 aromatic carbocycles. The standard InChI is InChI=1S/C45H66N8O9S/c1-5-28(3)27-47-41(58)33(14-10-21-46)50-43(60)35(26-39(56)57)51-45(62)40(29(4)6-2)52-44(61)36-15-11-22-53(36)38(55)25-31-16-18-32(19-17-31)48-42(59)34(49-37(54)20-23-63)24-30-12-8-7-9-13-30/h7-9,12-13,16-19,28-29,33-36,40,63H,5-6,10-11,14-15,20-27,46H2,1-4H3,(H,47,58)(H,48,59)(H,49,54)(H,50,60)(H,51,62)(H,52,61)(H,56,57)/t28?,29?,33-,34+,35-,36-,40-/m0/s1. The van der Waals surface area contributed by atoms with E-state index in [9.17, 15) is 43.5 Å². The quantitative estimate of drug-likeness (QED) is 0.0622. The molecule has 2 aromatic rings. The Bertz CT molecular complexity index is 1850. The van der Waals surface area contributed by atoms with Crippen LogP contribution in [-0.2, 0) is 51.2 Å². The number of anilines is 1. The smallest absolute Gasteiger partial charge is 0.305 e. The number of nitrogens with zero attached hydrogens (tertiary/aromatic N) is 1. The average molecular weight is 895 g/mol. The molecule has 1 fully saturated rings. The lowest BCUT2D eigenvalue weighted by Crippen LogP contribution is -2.59. The third-order valence-electron chi connectivity index (χ3n) is 11.2. The van der Waals surface area contributed by atoms with Gasteiger partial charge in [-0.2, -0.15) is 12.6 Å². The monoisotopic (exact) mass is 894 g/mol. The molecule has 7 atom stereocenters. The van der Waals surface area contributed by atoms with Crippen LogP contribution in [0.25, 0.3) is 0 Å². The lowest BCUT2D eigenvalue weighted by Gasteiger charge is -2.30. The molecular weight excluding hydrogens is 829 g/mol. The SMILES string of the molecule is CCC(C)CNC(=O)[C@H](CCCN)NC(=O)[C@H](CC(=O)O)NC(=O)[C@@H](NC(=O)[C@@H]1CCCN1C(=O)Cc1ccc(NC(=O)[C@@H](Cc2ccccc2)NC(=O)CCS)cc1)C(C)CC. The molecule has 346 valence electrons. The van der Waals surface area contributed by atoms with Gasteiger partial charge in [0.05, 0.1) is 12.8 Å². The van der Waals surface area contributed by atoms with Gasteiger partial charge in [-0.05, 0) is 73.1 Å². The highest BCUT2D eigenvalue weighted by Gasteiger charge is 2.38. The van der Waals surface area contributed by atoms with Crippen LogP contribution in [0.2, 0.25) is 0 Å². The van der Waals surface area contributed by atoms with Gasteiger partial charge in [0.1, 0.15) is 30.2 Å². The van der Waals surface area contributed by atoms with Gasteiger partial charge in [0, 0.05) is 31.6 Å². The Kier molecular flexibility index (Phi) is 22.1. The first kappa shape index (κ1) is 51.9. The van der Waals surface area contributed by atoms with Gasteiger partial charge >= 0.3 is 5.97 Å². The van der Waals surface area contributed by atoms with Gasteiger partial charge in [0.25, 0.3) is 0 Å². The summed E-state index contributed by atoms with van der Waals surface area (Å²) in [4.78, 5) is 107. The minimum atomic E-state index is -1.56. The van der Waals surface area contributed by atoms with Gasteiger partial charge in [0.15, 0.2) is 0 Å². The van der Waals surface area contributed by atoms with Crippen molar-refractivity contribution in [1.29, 1.82) is 0 Å². The van der Waals surface area contributed by atoms with Crippen LogP contribution in [0.4, 0.5) is 5.69 Å². The summed E-state index contributed by atoms with van der Waals surface area (Å²) >= 11 is 4.11. The second-order valence-corrected chi connectivity index (χ2v) is 16.6. The summed E-state index contributed by atoms with van der Waals surface area (Å²) in [6, 6.07) is 10.5. The van der Waals surface area contributed by atoms with Crippen LogP contribution in [0.15, 0.2) is 54.6 Å². The van der Waals surface area contributed by atoms with E-state index in [1.807, 2.05) is 51.1 Å². The molecule has 1 aliphatic heterocycles. The fraction of sp³-hybridized carbons (Fsp3) is 0.556. The number of nitrogens with two attached hydrogens (primary N) is 1. The molecule has 0 radical (unpaired) electrons. The Morgan fingerprint density at radius 2 is 1.49 bits per heavy atom. The van der Waals surface area contributed by atoms with Crippen molar-refractivity contribution in [3.63, 3.8) is 0 Å². The fourth-order valence-electron chi connectivity index (χ4n) is 6.98. The maximum atomic E-state index is 13.8. The van der Waals surface area contributed by atoms with Crippen LogP contribution in [0.3, 0.4) is 0 Å². The molecule has 1 saturated heterocycles. The van der Waals surface area contributed by atoms with Crippen LogP contribution in [0.1, 0.15) is 90.2 Å². The number of benzene rings is 2. The zero-order chi connectivity index (χ0) is 46.5. The van der Waals surface area contributed by atoms with Crippen molar-refractivity contribution in [2.75, 3.05) is 30.7 Å². The van der Waals surface area contributed by atoms with Crippen molar-refractivity contribution >= 4 is 65.6 Å². The lowest BCUT2D eigenvalue weighted by molar-refractivity contribution is -0.142. The number of hydrogen-bond acceptors (Lipinski definition) is 10. The van der Waals surface area contributed by atoms with Crippen molar-refractivity contribution in [2.24, 2.45) is 17.6 Å². The molecule has 0 spiro atoms. The van der Waals surface area contributed by atoms with Crippen LogP contribution < -0.4 is 37.6 Å². The van der Waals surface area contributed by atoms with Crippen LogP contribution in [0.5, 0.6) is 0 Å². The van der Waals surface area contributed by atoms with Crippen molar-refractivity contribution in [2.45, 2.75) is 122 Å². The third-order valence-corrected chi connectivity index (χ3v) is 11.4. The fourth-order valence-corrected chi connectivity index (χ4v) is 7.18. The van der Waals surface area contributed by atoms with Gasteiger partial charge < -0.3 is 47.6 Å². The first-order chi connectivity index (χ1) is 30.1. The third kappa shape index (κ3) is 17.3. The van der Waals surface area contributed by atoms with E-state index < -0.39 is 78.1 Å². The van der Waals surface area contributed by atoms with E-state index in [1.165, 1.54) is 4.90 Å². The van der Waals surface area contributed by atoms with Gasteiger partial charge in [0.2, 0.25) is 41.4 Å². The summed E-state index contributed by atoms with van der Waals surface area (Å²) in [6.45, 7) is 8.44. The number of hydrogen-bond donors (Lipinski definition) is 9. The highest BCUT2D eigenvalue weighted by Crippen LogP contribution is 2.21. The summed E-state index contributed by atoms with van der Waals surface area (Å²) < 4.78 is 0. The molecule has 0 bridgehead atoms. The number of carbonyl (C=O) groups is 8. The predicted octanol–water partition coefficient (Wildman–Crippen LogP) is 2.08. The Morgan fingerprint density at radius 3 is 2.11 bits per heavy atom. The van der Waals surface area contributed by atoms with Crippen molar-refractivity contribution in [3.8, 4) is 0 Å². The Morgan fingerprint density at radius 1 is 0.810 bits per heavy atom. The maximum absolute atomic E-state index is 13.8. The molecule has 18 heteroatoms. The molecule has 3 rings (SSSR count). The van der Waals surface area contributed by atoms with E-state index in [0.29, 0.717) is 55.8 Å². The van der Waals surface area contributed by atoms with E-state index in [2.05, 4.69) is 44.5 Å². The summed E-state index contributed by atoms with van der Waals surface area (Å²) in [7, 11) is 0. The highest BCUT2D eigenvalue weighted by molar-refractivity contribution is 7.80. The van der Waals surface area contributed by atoms with Gasteiger partial charge in [-0.3, -0.25) is 38.4 Å². The number of thiol groups is 1. The van der Waals surface area contributed by atoms with Crippen molar-refractivity contribution in [1.82, 2.24) is 31.5 Å². The number of nitrogens with one attached hydrogen (secondary N) is 6. The number of amides is 7. The molecule has 63 heavy (non-hydrogen) atoms. The van der Waals surface area contributed by atoms with Crippen molar-refractivity contribution < 1.29 is 43.5 Å². The predicted molar refractivity (Wildman–Crippen MR) is 242 cm³/mol. The minimum absolute atomic E-state index is 0.0440.